The standard InChI is InChI=1S/C22H22ClN3O3/c1-28-21-7-6-17(23)12-19(21)24-13-16-14-26(20-5-3-2-4-18(16)20)15-22(27)25-8-10-29-11-9-25/h2-7,12-14H,8-11,15H2,1H3. The van der Waals surface area contributed by atoms with E-state index in [2.05, 4.69) is 4.99 Å². The molecule has 7 heteroatoms. The van der Waals surface area contributed by atoms with Crippen LogP contribution in [0, 0.1) is 0 Å². The maximum absolute atomic E-state index is 12.7. The fourth-order valence-corrected chi connectivity index (χ4v) is 3.64. The van der Waals surface area contributed by atoms with Crippen LogP contribution in [0.15, 0.2) is 53.7 Å². The van der Waals surface area contributed by atoms with Crippen LogP contribution >= 0.6 is 11.6 Å². The van der Waals surface area contributed by atoms with Crippen LogP contribution in [0.1, 0.15) is 5.56 Å². The number of methoxy groups -OCH3 is 1. The number of carbonyl (C=O) groups excluding carboxylic acids is 1. The quantitative estimate of drug-likeness (QED) is 0.598. The molecule has 6 nitrogen and oxygen atoms in total. The zero-order valence-corrected chi connectivity index (χ0v) is 16.9. The highest BCUT2D eigenvalue weighted by atomic mass is 35.5. The van der Waals surface area contributed by atoms with Crippen molar-refractivity contribution in [2.75, 3.05) is 33.4 Å². The molecule has 0 spiro atoms. The molecule has 1 aliphatic rings. The number of hydrogen-bond acceptors (Lipinski definition) is 4. The third-order valence-electron chi connectivity index (χ3n) is 4.97. The molecule has 29 heavy (non-hydrogen) atoms. The van der Waals surface area contributed by atoms with Gasteiger partial charge in [0.25, 0.3) is 0 Å². The molecule has 0 atom stereocenters. The van der Waals surface area contributed by atoms with E-state index in [0.717, 1.165) is 16.5 Å². The third-order valence-corrected chi connectivity index (χ3v) is 5.21. The summed E-state index contributed by atoms with van der Waals surface area (Å²) in [6.45, 7) is 2.76. The van der Waals surface area contributed by atoms with Gasteiger partial charge in [0.15, 0.2) is 0 Å². The summed E-state index contributed by atoms with van der Waals surface area (Å²) in [6.07, 6.45) is 3.75. The Hall–Kier alpha value is -2.83. The van der Waals surface area contributed by atoms with E-state index >= 15 is 0 Å². The Morgan fingerprint density at radius 3 is 2.83 bits per heavy atom. The monoisotopic (exact) mass is 411 g/mol. The first-order valence-electron chi connectivity index (χ1n) is 9.47. The first-order chi connectivity index (χ1) is 14.2. The Morgan fingerprint density at radius 1 is 1.24 bits per heavy atom. The maximum Gasteiger partial charge on any atom is 0.242 e. The molecule has 1 saturated heterocycles. The Balaban J connectivity index is 1.64. The fraction of sp³-hybridized carbons (Fsp3) is 0.273. The van der Waals surface area contributed by atoms with Gasteiger partial charge in [0, 0.05) is 47.0 Å². The van der Waals surface area contributed by atoms with Crippen LogP contribution in [0.2, 0.25) is 5.02 Å². The first kappa shape index (κ1) is 19.5. The number of carbonyl (C=O) groups is 1. The van der Waals surface area contributed by atoms with E-state index in [1.807, 2.05) is 39.9 Å². The highest BCUT2D eigenvalue weighted by molar-refractivity contribution is 6.30. The SMILES string of the molecule is COc1ccc(Cl)cc1N=Cc1cn(CC(=O)N2CCOCC2)c2ccccc12. The van der Waals surface area contributed by atoms with Crippen LogP contribution < -0.4 is 4.74 Å². The first-order valence-corrected chi connectivity index (χ1v) is 9.84. The summed E-state index contributed by atoms with van der Waals surface area (Å²) < 4.78 is 12.7. The Bertz CT molecular complexity index is 1050. The number of hydrogen-bond donors (Lipinski definition) is 0. The van der Waals surface area contributed by atoms with Gasteiger partial charge in [-0.15, -0.1) is 0 Å². The van der Waals surface area contributed by atoms with E-state index in [1.54, 1.807) is 31.5 Å². The Morgan fingerprint density at radius 2 is 2.03 bits per heavy atom. The molecule has 1 aliphatic heterocycles. The highest BCUT2D eigenvalue weighted by Crippen LogP contribution is 2.30. The van der Waals surface area contributed by atoms with Crippen molar-refractivity contribution in [2.24, 2.45) is 4.99 Å². The zero-order chi connectivity index (χ0) is 20.2. The molecule has 0 radical (unpaired) electrons. The minimum absolute atomic E-state index is 0.0917. The van der Waals surface area contributed by atoms with Crippen LogP contribution in [-0.2, 0) is 16.1 Å². The van der Waals surface area contributed by atoms with E-state index in [-0.39, 0.29) is 12.5 Å². The number of nitrogens with zero attached hydrogens (tertiary/aromatic N) is 3. The molecule has 4 rings (SSSR count). The smallest absolute Gasteiger partial charge is 0.242 e. The largest absolute Gasteiger partial charge is 0.494 e. The molecule has 2 aromatic carbocycles. The average molecular weight is 412 g/mol. The second-order valence-corrected chi connectivity index (χ2v) is 7.23. The minimum Gasteiger partial charge on any atom is -0.494 e. The predicted octanol–water partition coefficient (Wildman–Crippen LogP) is 3.91. The number of para-hydroxylation sites is 1. The molecule has 3 aromatic rings. The lowest BCUT2D eigenvalue weighted by Crippen LogP contribution is -2.42. The third kappa shape index (κ3) is 4.28. The lowest BCUT2D eigenvalue weighted by Gasteiger charge is -2.27. The number of halogens is 1. The number of ether oxygens (including phenoxy) is 2. The zero-order valence-electron chi connectivity index (χ0n) is 16.2. The summed E-state index contributed by atoms with van der Waals surface area (Å²) in [6, 6.07) is 13.3. The molecule has 2 heterocycles. The van der Waals surface area contributed by atoms with Gasteiger partial charge in [0.1, 0.15) is 18.0 Å². The van der Waals surface area contributed by atoms with Gasteiger partial charge in [0.2, 0.25) is 5.91 Å². The van der Waals surface area contributed by atoms with Crippen LogP contribution in [0.5, 0.6) is 5.75 Å². The van der Waals surface area contributed by atoms with Crippen LogP contribution in [0.25, 0.3) is 10.9 Å². The van der Waals surface area contributed by atoms with E-state index in [1.165, 1.54) is 0 Å². The number of aliphatic imine (C=N–C) groups is 1. The lowest BCUT2D eigenvalue weighted by atomic mass is 10.2. The summed E-state index contributed by atoms with van der Waals surface area (Å²) in [5.41, 5.74) is 2.58. The number of fused-ring (bicyclic) bond motifs is 1. The van der Waals surface area contributed by atoms with Crippen molar-refractivity contribution in [3.63, 3.8) is 0 Å². The van der Waals surface area contributed by atoms with Gasteiger partial charge in [-0.3, -0.25) is 9.79 Å². The molecule has 0 saturated carbocycles. The molecule has 0 aliphatic carbocycles. The summed E-state index contributed by atoms with van der Waals surface area (Å²) in [7, 11) is 1.60. The highest BCUT2D eigenvalue weighted by Gasteiger charge is 2.18. The molecule has 1 fully saturated rings. The normalized spacial score (nSPS) is 14.6. The van der Waals surface area contributed by atoms with E-state index in [0.29, 0.717) is 42.8 Å². The lowest BCUT2D eigenvalue weighted by molar-refractivity contribution is -0.135. The van der Waals surface area contributed by atoms with Crippen molar-refractivity contribution in [1.82, 2.24) is 9.47 Å². The van der Waals surface area contributed by atoms with Crippen LogP contribution in [0.4, 0.5) is 5.69 Å². The second-order valence-electron chi connectivity index (χ2n) is 6.80. The van der Waals surface area contributed by atoms with Crippen LogP contribution in [-0.4, -0.2) is 55.0 Å². The number of benzene rings is 2. The van der Waals surface area contributed by atoms with Crippen molar-refractivity contribution < 1.29 is 14.3 Å². The van der Waals surface area contributed by atoms with E-state index < -0.39 is 0 Å². The molecule has 0 N–H and O–H groups in total. The van der Waals surface area contributed by atoms with E-state index in [9.17, 15) is 4.79 Å². The number of morpholine rings is 1. The van der Waals surface area contributed by atoms with Crippen molar-refractivity contribution in [1.29, 1.82) is 0 Å². The molecule has 0 bridgehead atoms. The van der Waals surface area contributed by atoms with E-state index in [4.69, 9.17) is 21.1 Å². The van der Waals surface area contributed by atoms with Crippen LogP contribution in [0.3, 0.4) is 0 Å². The van der Waals surface area contributed by atoms with Gasteiger partial charge in [-0.2, -0.15) is 0 Å². The molecular formula is C22H22ClN3O3. The Kier molecular flexibility index (Phi) is 5.83. The van der Waals surface area contributed by atoms with Gasteiger partial charge in [0.05, 0.1) is 20.3 Å². The van der Waals surface area contributed by atoms with Gasteiger partial charge in [-0.1, -0.05) is 29.8 Å². The molecular weight excluding hydrogens is 390 g/mol. The van der Waals surface area contributed by atoms with Gasteiger partial charge in [-0.25, -0.2) is 0 Å². The molecule has 1 aromatic heterocycles. The summed E-state index contributed by atoms with van der Waals surface area (Å²) in [5, 5.41) is 1.63. The second kappa shape index (κ2) is 8.68. The van der Waals surface area contributed by atoms with Crippen molar-refractivity contribution in [3.8, 4) is 5.75 Å². The number of aromatic nitrogens is 1. The predicted molar refractivity (Wildman–Crippen MR) is 115 cm³/mol. The summed E-state index contributed by atoms with van der Waals surface area (Å²) >= 11 is 6.10. The van der Waals surface area contributed by atoms with Crippen molar-refractivity contribution in [3.05, 3.63) is 59.2 Å². The minimum atomic E-state index is 0.0917. The van der Waals surface area contributed by atoms with Gasteiger partial charge >= 0.3 is 0 Å². The van der Waals surface area contributed by atoms with Gasteiger partial charge < -0.3 is 18.9 Å². The van der Waals surface area contributed by atoms with Crippen molar-refractivity contribution in [2.45, 2.75) is 6.54 Å². The molecule has 1 amide bonds. The topological polar surface area (TPSA) is 56.1 Å². The summed E-state index contributed by atoms with van der Waals surface area (Å²) in [5.74, 6) is 0.742. The maximum atomic E-state index is 12.7. The number of amides is 1. The number of rotatable bonds is 5. The average Bonchev–Trinajstić information content (AvgIpc) is 3.10. The van der Waals surface area contributed by atoms with Gasteiger partial charge in [-0.05, 0) is 24.3 Å². The fourth-order valence-electron chi connectivity index (χ4n) is 3.47. The summed E-state index contributed by atoms with van der Waals surface area (Å²) in [4.78, 5) is 19.1. The molecule has 0 unspecified atom stereocenters. The Labute approximate surface area is 174 Å². The van der Waals surface area contributed by atoms with Crippen molar-refractivity contribution >= 4 is 40.3 Å². The molecule has 150 valence electrons.